The number of rotatable bonds is 4. The lowest BCUT2D eigenvalue weighted by atomic mass is 10.2. The largest absolute Gasteiger partial charge is 0.341 e. The van der Waals surface area contributed by atoms with Crippen molar-refractivity contribution >= 4 is 45.2 Å². The van der Waals surface area contributed by atoms with Gasteiger partial charge in [0.25, 0.3) is 0 Å². The second kappa shape index (κ2) is 7.40. The molecule has 1 N–H and O–H groups in total. The summed E-state index contributed by atoms with van der Waals surface area (Å²) in [5.41, 5.74) is 1.87. The van der Waals surface area contributed by atoms with E-state index in [9.17, 15) is 9.59 Å². The summed E-state index contributed by atoms with van der Waals surface area (Å²) >= 11 is 4.85. The first-order valence-corrected chi connectivity index (χ1v) is 9.25. The Kier molecular flexibility index (Phi) is 5.26. The van der Waals surface area contributed by atoms with Crippen molar-refractivity contribution in [1.29, 1.82) is 0 Å². The fourth-order valence-corrected chi connectivity index (χ4v) is 3.86. The summed E-state index contributed by atoms with van der Waals surface area (Å²) in [6.07, 6.45) is 0.192. The highest BCUT2D eigenvalue weighted by molar-refractivity contribution is 9.10. The molecule has 1 aliphatic rings. The maximum absolute atomic E-state index is 12.5. The van der Waals surface area contributed by atoms with Crippen LogP contribution in [-0.2, 0) is 16.1 Å². The van der Waals surface area contributed by atoms with E-state index >= 15 is 0 Å². The van der Waals surface area contributed by atoms with Crippen molar-refractivity contribution in [2.75, 3.05) is 12.4 Å². The Morgan fingerprint density at radius 3 is 2.67 bits per heavy atom. The van der Waals surface area contributed by atoms with E-state index in [0.717, 1.165) is 20.6 Å². The number of hydrogen-bond donors (Lipinski definition) is 1. The molecular formula is C18H17BrN2O2S. The van der Waals surface area contributed by atoms with E-state index in [1.807, 2.05) is 48.5 Å². The average molecular weight is 405 g/mol. The second-order valence-corrected chi connectivity index (χ2v) is 7.83. The SMILES string of the molecule is CN(Cc1ccc(Br)cc1)C(=O)CC1Sc2ccccc2NC1=O. The molecule has 2 amide bonds. The van der Waals surface area contributed by atoms with Crippen molar-refractivity contribution in [3.05, 3.63) is 58.6 Å². The van der Waals surface area contributed by atoms with Gasteiger partial charge >= 0.3 is 0 Å². The van der Waals surface area contributed by atoms with Gasteiger partial charge in [0.15, 0.2) is 0 Å². The Morgan fingerprint density at radius 2 is 1.92 bits per heavy atom. The van der Waals surface area contributed by atoms with Crippen LogP contribution in [-0.4, -0.2) is 29.0 Å². The molecule has 1 heterocycles. The van der Waals surface area contributed by atoms with Gasteiger partial charge in [-0.2, -0.15) is 0 Å². The summed E-state index contributed by atoms with van der Waals surface area (Å²) in [5.74, 6) is -0.144. The minimum absolute atomic E-state index is 0.0371. The van der Waals surface area contributed by atoms with Crippen LogP contribution in [0.25, 0.3) is 0 Å². The van der Waals surface area contributed by atoms with Gasteiger partial charge in [0.05, 0.1) is 10.9 Å². The van der Waals surface area contributed by atoms with Crippen molar-refractivity contribution in [2.24, 2.45) is 0 Å². The van der Waals surface area contributed by atoms with Gasteiger partial charge in [-0.05, 0) is 29.8 Å². The summed E-state index contributed by atoms with van der Waals surface area (Å²) in [6.45, 7) is 0.529. The van der Waals surface area contributed by atoms with Crippen LogP contribution in [0.15, 0.2) is 57.9 Å². The lowest BCUT2D eigenvalue weighted by Crippen LogP contribution is -2.35. The van der Waals surface area contributed by atoms with Crippen LogP contribution in [0, 0.1) is 0 Å². The molecule has 1 unspecified atom stereocenters. The van der Waals surface area contributed by atoms with Crippen molar-refractivity contribution in [1.82, 2.24) is 4.90 Å². The van der Waals surface area contributed by atoms with Crippen molar-refractivity contribution in [3.8, 4) is 0 Å². The Bertz CT molecular complexity index is 764. The maximum atomic E-state index is 12.5. The summed E-state index contributed by atoms with van der Waals surface area (Å²) in [5, 5.41) is 2.49. The van der Waals surface area contributed by atoms with Gasteiger partial charge in [0.1, 0.15) is 0 Å². The number of nitrogens with zero attached hydrogens (tertiary/aromatic N) is 1. The van der Waals surface area contributed by atoms with Gasteiger partial charge in [-0.15, -0.1) is 11.8 Å². The number of fused-ring (bicyclic) bond motifs is 1. The number of hydrogen-bond acceptors (Lipinski definition) is 3. The van der Waals surface area contributed by atoms with Crippen LogP contribution in [0.1, 0.15) is 12.0 Å². The molecule has 0 fully saturated rings. The molecule has 6 heteroatoms. The van der Waals surface area contributed by atoms with E-state index in [-0.39, 0.29) is 23.5 Å². The molecule has 2 aromatic carbocycles. The van der Waals surface area contributed by atoms with Gasteiger partial charge in [-0.3, -0.25) is 9.59 Å². The van der Waals surface area contributed by atoms with E-state index in [0.29, 0.717) is 6.54 Å². The van der Waals surface area contributed by atoms with Crippen LogP contribution >= 0.6 is 27.7 Å². The lowest BCUT2D eigenvalue weighted by Gasteiger charge is -2.25. The molecule has 0 spiro atoms. The van der Waals surface area contributed by atoms with Crippen LogP contribution in [0.2, 0.25) is 0 Å². The molecule has 124 valence electrons. The van der Waals surface area contributed by atoms with Gasteiger partial charge in [-0.1, -0.05) is 40.2 Å². The molecule has 0 aromatic heterocycles. The van der Waals surface area contributed by atoms with Gasteiger partial charge < -0.3 is 10.2 Å². The molecular weight excluding hydrogens is 388 g/mol. The molecule has 0 aliphatic carbocycles. The molecule has 0 bridgehead atoms. The highest BCUT2D eigenvalue weighted by atomic mass is 79.9. The number of carbonyl (C=O) groups is 2. The Labute approximate surface area is 153 Å². The third-order valence-corrected chi connectivity index (χ3v) is 5.63. The van der Waals surface area contributed by atoms with Crippen LogP contribution in [0.4, 0.5) is 5.69 Å². The predicted octanol–water partition coefficient (Wildman–Crippen LogP) is 3.91. The average Bonchev–Trinajstić information content (AvgIpc) is 2.57. The van der Waals surface area contributed by atoms with E-state index in [1.165, 1.54) is 11.8 Å². The molecule has 0 radical (unpaired) electrons. The molecule has 1 aliphatic heterocycles. The number of nitrogens with one attached hydrogen (secondary N) is 1. The number of thioether (sulfide) groups is 1. The summed E-state index contributed by atoms with van der Waals surface area (Å²) in [7, 11) is 1.77. The van der Waals surface area contributed by atoms with Crippen molar-refractivity contribution in [3.63, 3.8) is 0 Å². The van der Waals surface area contributed by atoms with E-state index in [2.05, 4.69) is 21.2 Å². The fraction of sp³-hybridized carbons (Fsp3) is 0.222. The number of amides is 2. The molecule has 0 saturated heterocycles. The number of halogens is 1. The minimum Gasteiger partial charge on any atom is -0.341 e. The second-order valence-electron chi connectivity index (χ2n) is 5.67. The highest BCUT2D eigenvalue weighted by Gasteiger charge is 2.29. The summed E-state index contributed by atoms with van der Waals surface area (Å²) in [4.78, 5) is 27.3. The zero-order chi connectivity index (χ0) is 17.1. The van der Waals surface area contributed by atoms with Gasteiger partial charge in [-0.25, -0.2) is 0 Å². The summed E-state index contributed by atoms with van der Waals surface area (Å²) < 4.78 is 1.01. The molecule has 1 atom stereocenters. The zero-order valence-electron chi connectivity index (χ0n) is 13.2. The Hall–Kier alpha value is -1.79. The third kappa shape index (κ3) is 3.99. The Morgan fingerprint density at radius 1 is 1.21 bits per heavy atom. The standard InChI is InChI=1S/C18H17BrN2O2S/c1-21(11-12-6-8-13(19)9-7-12)17(22)10-16-18(23)20-14-4-2-3-5-15(14)24-16/h2-9,16H,10-11H2,1H3,(H,20,23). The first-order valence-electron chi connectivity index (χ1n) is 7.58. The third-order valence-electron chi connectivity index (χ3n) is 3.83. The molecule has 24 heavy (non-hydrogen) atoms. The van der Waals surface area contributed by atoms with Crippen molar-refractivity contribution in [2.45, 2.75) is 23.1 Å². The predicted molar refractivity (Wildman–Crippen MR) is 99.9 cm³/mol. The fourth-order valence-electron chi connectivity index (χ4n) is 2.49. The first kappa shape index (κ1) is 17.0. The number of anilines is 1. The van der Waals surface area contributed by atoms with E-state index < -0.39 is 0 Å². The number of carbonyl (C=O) groups excluding carboxylic acids is 2. The highest BCUT2D eigenvalue weighted by Crippen LogP contribution is 2.36. The molecule has 0 saturated carbocycles. The van der Waals surface area contributed by atoms with E-state index in [4.69, 9.17) is 0 Å². The monoisotopic (exact) mass is 404 g/mol. The molecule has 3 rings (SSSR count). The molecule has 2 aromatic rings. The summed E-state index contributed by atoms with van der Waals surface area (Å²) in [6, 6.07) is 15.5. The zero-order valence-corrected chi connectivity index (χ0v) is 15.6. The van der Waals surface area contributed by atoms with Gasteiger partial charge in [0, 0.05) is 29.4 Å². The normalized spacial score (nSPS) is 16.2. The minimum atomic E-state index is -0.389. The number of benzene rings is 2. The topological polar surface area (TPSA) is 49.4 Å². The lowest BCUT2D eigenvalue weighted by molar-refractivity contribution is -0.131. The van der Waals surface area contributed by atoms with Gasteiger partial charge in [0.2, 0.25) is 11.8 Å². The van der Waals surface area contributed by atoms with E-state index in [1.54, 1.807) is 11.9 Å². The first-order chi connectivity index (χ1) is 11.5. The Balaban J connectivity index is 1.62. The van der Waals surface area contributed by atoms with Crippen molar-refractivity contribution < 1.29 is 9.59 Å². The molecule has 4 nitrogen and oxygen atoms in total. The number of para-hydroxylation sites is 1. The van der Waals surface area contributed by atoms with Crippen LogP contribution < -0.4 is 5.32 Å². The smallest absolute Gasteiger partial charge is 0.238 e. The van der Waals surface area contributed by atoms with Crippen LogP contribution in [0.5, 0.6) is 0 Å². The quantitative estimate of drug-likeness (QED) is 0.839. The van der Waals surface area contributed by atoms with Crippen LogP contribution in [0.3, 0.4) is 0 Å². The maximum Gasteiger partial charge on any atom is 0.238 e.